The number of aliphatic hydroxyl groups is 1. The normalized spacial score (nSPS) is 13.4. The second kappa shape index (κ2) is 3.26. The Morgan fingerprint density at radius 1 is 1.57 bits per heavy atom. The van der Waals surface area contributed by atoms with Crippen molar-refractivity contribution in [2.75, 3.05) is 0 Å². The van der Waals surface area contributed by atoms with Gasteiger partial charge in [0.1, 0.15) is 0 Å². The lowest BCUT2D eigenvalue weighted by Crippen LogP contribution is -1.95. The van der Waals surface area contributed by atoms with Crippen molar-refractivity contribution in [1.82, 2.24) is 4.98 Å². The maximum atomic E-state index is 9.38. The van der Waals surface area contributed by atoms with Gasteiger partial charge in [-0.2, -0.15) is 0 Å². The van der Waals surface area contributed by atoms with Gasteiger partial charge in [-0.1, -0.05) is 11.6 Å². The second-order valence-electron chi connectivity index (χ2n) is 3.31. The van der Waals surface area contributed by atoms with Crippen molar-refractivity contribution in [2.45, 2.75) is 20.0 Å². The van der Waals surface area contributed by atoms with Gasteiger partial charge in [0, 0.05) is 5.39 Å². The first kappa shape index (κ1) is 9.49. The molecule has 0 aliphatic rings. The summed E-state index contributed by atoms with van der Waals surface area (Å²) < 4.78 is 5.24. The van der Waals surface area contributed by atoms with E-state index in [2.05, 4.69) is 4.98 Å². The number of pyridine rings is 1. The molecule has 2 aromatic heterocycles. The molecule has 14 heavy (non-hydrogen) atoms. The minimum absolute atomic E-state index is 0.298. The van der Waals surface area contributed by atoms with Crippen LogP contribution in [0.2, 0.25) is 5.15 Å². The Morgan fingerprint density at radius 2 is 2.29 bits per heavy atom. The van der Waals surface area contributed by atoms with Gasteiger partial charge in [0.05, 0.1) is 18.1 Å². The molecule has 0 fully saturated rings. The molecule has 3 nitrogen and oxygen atoms in total. The van der Waals surface area contributed by atoms with E-state index < -0.39 is 6.10 Å². The predicted molar refractivity (Wildman–Crippen MR) is 54.4 cm³/mol. The van der Waals surface area contributed by atoms with E-state index in [9.17, 15) is 5.11 Å². The van der Waals surface area contributed by atoms with Gasteiger partial charge in [0.2, 0.25) is 0 Å². The number of aliphatic hydroxyl groups excluding tert-OH is 1. The van der Waals surface area contributed by atoms with E-state index in [1.807, 2.05) is 6.92 Å². The van der Waals surface area contributed by atoms with E-state index in [0.717, 1.165) is 10.9 Å². The Bertz CT molecular complexity index is 476. The molecule has 0 aromatic carbocycles. The zero-order valence-corrected chi connectivity index (χ0v) is 8.67. The SMILES string of the molecule is Cc1coc2c(Cl)nc(C(C)O)cc12. The summed E-state index contributed by atoms with van der Waals surface area (Å²) in [4.78, 5) is 4.04. The van der Waals surface area contributed by atoms with Crippen molar-refractivity contribution in [3.05, 3.63) is 28.7 Å². The molecule has 2 rings (SSSR count). The van der Waals surface area contributed by atoms with Crippen molar-refractivity contribution in [3.8, 4) is 0 Å². The van der Waals surface area contributed by atoms with E-state index in [1.54, 1.807) is 19.3 Å². The fourth-order valence-electron chi connectivity index (χ4n) is 1.35. The summed E-state index contributed by atoms with van der Waals surface area (Å²) >= 11 is 5.90. The number of hydrogen-bond acceptors (Lipinski definition) is 3. The Morgan fingerprint density at radius 3 is 2.93 bits per heavy atom. The van der Waals surface area contributed by atoms with Crippen molar-refractivity contribution in [3.63, 3.8) is 0 Å². The first-order valence-electron chi connectivity index (χ1n) is 4.32. The van der Waals surface area contributed by atoms with Crippen LogP contribution in [0.5, 0.6) is 0 Å². The lowest BCUT2D eigenvalue weighted by molar-refractivity contribution is 0.194. The second-order valence-corrected chi connectivity index (χ2v) is 3.67. The molecular weight excluding hydrogens is 202 g/mol. The van der Waals surface area contributed by atoms with Gasteiger partial charge in [-0.25, -0.2) is 4.98 Å². The molecule has 1 unspecified atom stereocenters. The average molecular weight is 212 g/mol. The summed E-state index contributed by atoms with van der Waals surface area (Å²) in [7, 11) is 0. The molecule has 0 aliphatic heterocycles. The summed E-state index contributed by atoms with van der Waals surface area (Å²) in [6, 6.07) is 1.80. The Balaban J connectivity index is 2.75. The number of furan rings is 1. The van der Waals surface area contributed by atoms with E-state index in [1.165, 1.54) is 0 Å². The lowest BCUT2D eigenvalue weighted by Gasteiger charge is -2.04. The molecule has 0 radical (unpaired) electrons. The first-order valence-corrected chi connectivity index (χ1v) is 4.69. The molecule has 4 heteroatoms. The fourth-order valence-corrected chi connectivity index (χ4v) is 1.59. The van der Waals surface area contributed by atoms with E-state index in [0.29, 0.717) is 16.4 Å². The maximum Gasteiger partial charge on any atom is 0.172 e. The van der Waals surface area contributed by atoms with E-state index >= 15 is 0 Å². The van der Waals surface area contributed by atoms with Gasteiger partial charge in [-0.15, -0.1) is 0 Å². The zero-order valence-electron chi connectivity index (χ0n) is 7.91. The quantitative estimate of drug-likeness (QED) is 0.738. The minimum atomic E-state index is -0.619. The van der Waals surface area contributed by atoms with Gasteiger partial charge in [0.25, 0.3) is 0 Å². The van der Waals surface area contributed by atoms with Crippen LogP contribution in [0, 0.1) is 6.92 Å². The van der Waals surface area contributed by atoms with Gasteiger partial charge in [-0.05, 0) is 25.5 Å². The predicted octanol–water partition coefficient (Wildman–Crippen LogP) is 2.84. The van der Waals surface area contributed by atoms with Crippen LogP contribution < -0.4 is 0 Å². The molecule has 2 heterocycles. The standard InChI is InChI=1S/C10H10ClNO2/c1-5-4-14-9-7(5)3-8(6(2)13)12-10(9)11/h3-4,6,13H,1-2H3. The summed E-state index contributed by atoms with van der Waals surface area (Å²) in [6.07, 6.45) is 1.01. The van der Waals surface area contributed by atoms with Crippen LogP contribution in [-0.4, -0.2) is 10.1 Å². The van der Waals surface area contributed by atoms with Crippen molar-refractivity contribution >= 4 is 22.6 Å². The highest BCUT2D eigenvalue weighted by Crippen LogP contribution is 2.28. The van der Waals surface area contributed by atoms with Crippen LogP contribution in [0.15, 0.2) is 16.7 Å². The number of fused-ring (bicyclic) bond motifs is 1. The third-order valence-electron chi connectivity index (χ3n) is 2.16. The lowest BCUT2D eigenvalue weighted by atomic mass is 10.1. The van der Waals surface area contributed by atoms with E-state index in [-0.39, 0.29) is 0 Å². The molecule has 1 N–H and O–H groups in total. The molecule has 0 aliphatic carbocycles. The number of aromatic nitrogens is 1. The molecule has 1 atom stereocenters. The summed E-state index contributed by atoms with van der Waals surface area (Å²) in [5.74, 6) is 0. The Kier molecular flexibility index (Phi) is 2.21. The topological polar surface area (TPSA) is 46.3 Å². The van der Waals surface area contributed by atoms with Crippen molar-refractivity contribution in [1.29, 1.82) is 0 Å². The first-order chi connectivity index (χ1) is 6.59. The van der Waals surface area contributed by atoms with Crippen LogP contribution in [0.1, 0.15) is 24.3 Å². The number of rotatable bonds is 1. The molecular formula is C10H10ClNO2. The van der Waals surface area contributed by atoms with Crippen molar-refractivity contribution in [2.24, 2.45) is 0 Å². The maximum absolute atomic E-state index is 9.38. The minimum Gasteiger partial charge on any atom is -0.461 e. The van der Waals surface area contributed by atoms with Gasteiger partial charge >= 0.3 is 0 Å². The fraction of sp³-hybridized carbons (Fsp3) is 0.300. The molecule has 0 bridgehead atoms. The third kappa shape index (κ3) is 1.38. The summed E-state index contributed by atoms with van der Waals surface area (Å²) in [6.45, 7) is 3.58. The van der Waals surface area contributed by atoms with Crippen molar-refractivity contribution < 1.29 is 9.52 Å². The zero-order chi connectivity index (χ0) is 10.3. The Hall–Kier alpha value is -1.06. The molecule has 0 amide bonds. The molecule has 0 saturated heterocycles. The number of nitrogens with zero attached hydrogens (tertiary/aromatic N) is 1. The average Bonchev–Trinajstić information content (AvgIpc) is 2.48. The number of hydrogen-bond donors (Lipinski definition) is 1. The van der Waals surface area contributed by atoms with Gasteiger partial charge < -0.3 is 9.52 Å². The highest BCUT2D eigenvalue weighted by Gasteiger charge is 2.12. The molecule has 2 aromatic rings. The van der Waals surface area contributed by atoms with Crippen LogP contribution in [0.25, 0.3) is 11.0 Å². The van der Waals surface area contributed by atoms with Crippen LogP contribution in [0.4, 0.5) is 0 Å². The summed E-state index contributed by atoms with van der Waals surface area (Å²) in [5, 5.41) is 10.6. The third-order valence-corrected chi connectivity index (χ3v) is 2.41. The van der Waals surface area contributed by atoms with Crippen LogP contribution in [-0.2, 0) is 0 Å². The van der Waals surface area contributed by atoms with Gasteiger partial charge in [0.15, 0.2) is 10.7 Å². The summed E-state index contributed by atoms with van der Waals surface area (Å²) in [5.41, 5.74) is 2.13. The van der Waals surface area contributed by atoms with Gasteiger partial charge in [-0.3, -0.25) is 0 Å². The highest BCUT2D eigenvalue weighted by molar-refractivity contribution is 6.33. The highest BCUT2D eigenvalue weighted by atomic mass is 35.5. The van der Waals surface area contributed by atoms with Crippen LogP contribution in [0.3, 0.4) is 0 Å². The number of halogens is 1. The van der Waals surface area contributed by atoms with Crippen LogP contribution >= 0.6 is 11.6 Å². The van der Waals surface area contributed by atoms with E-state index in [4.69, 9.17) is 16.0 Å². The molecule has 74 valence electrons. The smallest absolute Gasteiger partial charge is 0.172 e. The molecule has 0 spiro atoms. The number of aryl methyl sites for hydroxylation is 1. The molecule has 0 saturated carbocycles. The monoisotopic (exact) mass is 211 g/mol. The Labute approximate surface area is 86.3 Å². The largest absolute Gasteiger partial charge is 0.461 e.